The summed E-state index contributed by atoms with van der Waals surface area (Å²) in [5, 5.41) is 0. The number of aromatic nitrogens is 3. The molecule has 2 aromatic heterocycles. The molecule has 0 bridgehead atoms. The molecule has 27 heavy (non-hydrogen) atoms. The summed E-state index contributed by atoms with van der Waals surface area (Å²) in [7, 11) is 1.69. The van der Waals surface area contributed by atoms with Crippen molar-refractivity contribution in [1.82, 2.24) is 19.9 Å². The van der Waals surface area contributed by atoms with Gasteiger partial charge >= 0.3 is 0 Å². The number of anilines is 1. The van der Waals surface area contributed by atoms with Gasteiger partial charge in [0.1, 0.15) is 11.3 Å². The summed E-state index contributed by atoms with van der Waals surface area (Å²) in [6.45, 7) is 4.51. The van der Waals surface area contributed by atoms with Crippen LogP contribution >= 0.6 is 0 Å². The van der Waals surface area contributed by atoms with Crippen molar-refractivity contribution in [2.75, 3.05) is 39.1 Å². The number of aryl methyl sites for hydroxylation is 1. The first kappa shape index (κ1) is 20.1. The maximum absolute atomic E-state index is 6.09. The number of fused-ring (bicyclic) bond motifs is 1. The maximum atomic E-state index is 6.09. The minimum Gasteiger partial charge on any atom is -0.384 e. The van der Waals surface area contributed by atoms with Crippen molar-refractivity contribution in [2.45, 2.75) is 64.2 Å². The Hall–Kier alpha value is -1.66. The second kappa shape index (κ2) is 10.6. The Morgan fingerprint density at radius 1 is 1.04 bits per heavy atom. The molecule has 0 radical (unpaired) electrons. The van der Waals surface area contributed by atoms with E-state index in [9.17, 15) is 0 Å². The number of nitrogens with two attached hydrogens (primary N) is 1. The van der Waals surface area contributed by atoms with Crippen LogP contribution < -0.4 is 5.73 Å². The molecular formula is C21H35N5O. The summed E-state index contributed by atoms with van der Waals surface area (Å²) in [4.78, 5) is 15.0. The molecule has 0 atom stereocenters. The number of aromatic amines is 1. The highest BCUT2D eigenvalue weighted by atomic mass is 16.5. The zero-order valence-electron chi connectivity index (χ0n) is 16.8. The molecule has 0 saturated carbocycles. The van der Waals surface area contributed by atoms with Gasteiger partial charge in [-0.05, 0) is 57.3 Å². The fraction of sp³-hybridized carbons (Fsp3) is 0.714. The molecule has 3 N–H and O–H groups in total. The third-order valence-electron chi connectivity index (χ3n) is 5.58. The molecular weight excluding hydrogens is 338 g/mol. The van der Waals surface area contributed by atoms with E-state index in [0.29, 0.717) is 18.8 Å². The standard InChI is InChI=1S/C21H35N5O/c1-27-15-11-18-24-19-17(16-23-20(19)21(22)25-18)10-6-2-3-7-12-26-13-8-4-5-9-14-26/h16,23H,2-15H2,1H3,(H2,22,24,25). The SMILES string of the molecule is COCCc1nc(N)c2[nH]cc(CCCCCCN3CCCCCC3)c2n1. The normalized spacial score (nSPS) is 16.0. The highest BCUT2D eigenvalue weighted by molar-refractivity contribution is 5.87. The Morgan fingerprint density at radius 2 is 1.81 bits per heavy atom. The number of hydrogen-bond donors (Lipinski definition) is 2. The maximum Gasteiger partial charge on any atom is 0.151 e. The van der Waals surface area contributed by atoms with Crippen molar-refractivity contribution in [3.8, 4) is 0 Å². The quantitative estimate of drug-likeness (QED) is 0.621. The van der Waals surface area contributed by atoms with Crippen molar-refractivity contribution in [2.24, 2.45) is 0 Å². The third-order valence-corrected chi connectivity index (χ3v) is 5.58. The van der Waals surface area contributed by atoms with Gasteiger partial charge in [0.2, 0.25) is 0 Å². The highest BCUT2D eigenvalue weighted by Gasteiger charge is 2.12. The molecule has 3 rings (SSSR count). The second-order valence-electron chi connectivity index (χ2n) is 7.73. The lowest BCUT2D eigenvalue weighted by Gasteiger charge is -2.19. The van der Waals surface area contributed by atoms with Gasteiger partial charge in [-0.3, -0.25) is 0 Å². The van der Waals surface area contributed by atoms with E-state index in [4.69, 9.17) is 15.5 Å². The van der Waals surface area contributed by atoms with E-state index in [1.54, 1.807) is 7.11 Å². The monoisotopic (exact) mass is 373 g/mol. The number of unbranched alkanes of at least 4 members (excludes halogenated alkanes) is 3. The molecule has 1 saturated heterocycles. The van der Waals surface area contributed by atoms with Gasteiger partial charge < -0.3 is 20.4 Å². The third kappa shape index (κ3) is 5.91. The van der Waals surface area contributed by atoms with Crippen molar-refractivity contribution in [1.29, 1.82) is 0 Å². The zero-order chi connectivity index (χ0) is 18.9. The van der Waals surface area contributed by atoms with Gasteiger partial charge in [0.25, 0.3) is 0 Å². The number of nitrogen functional groups attached to an aromatic ring is 1. The number of rotatable bonds is 10. The minimum absolute atomic E-state index is 0.537. The first-order chi connectivity index (χ1) is 13.3. The Balaban J connectivity index is 1.43. The van der Waals surface area contributed by atoms with Crippen LogP contribution in [0.1, 0.15) is 62.8 Å². The number of nitrogens with one attached hydrogen (secondary N) is 1. The Kier molecular flexibility index (Phi) is 7.90. The van der Waals surface area contributed by atoms with E-state index < -0.39 is 0 Å². The van der Waals surface area contributed by atoms with Gasteiger partial charge in [0.15, 0.2) is 5.82 Å². The number of H-pyrrole nitrogens is 1. The van der Waals surface area contributed by atoms with Crippen molar-refractivity contribution < 1.29 is 4.74 Å². The van der Waals surface area contributed by atoms with E-state index >= 15 is 0 Å². The molecule has 3 heterocycles. The number of nitrogens with zero attached hydrogens (tertiary/aromatic N) is 3. The van der Waals surface area contributed by atoms with Gasteiger partial charge in [-0.25, -0.2) is 9.97 Å². The van der Waals surface area contributed by atoms with Gasteiger partial charge in [0.05, 0.1) is 12.1 Å². The van der Waals surface area contributed by atoms with Crippen LogP contribution in [0.2, 0.25) is 0 Å². The van der Waals surface area contributed by atoms with Crippen molar-refractivity contribution in [3.63, 3.8) is 0 Å². The highest BCUT2D eigenvalue weighted by Crippen LogP contribution is 2.22. The predicted octanol–water partition coefficient (Wildman–Crippen LogP) is 3.71. The van der Waals surface area contributed by atoms with Gasteiger partial charge in [0, 0.05) is 19.7 Å². The van der Waals surface area contributed by atoms with E-state index in [1.807, 2.05) is 6.20 Å². The molecule has 1 aliphatic rings. The minimum atomic E-state index is 0.537. The number of methoxy groups -OCH3 is 1. The molecule has 150 valence electrons. The molecule has 0 aromatic carbocycles. The van der Waals surface area contributed by atoms with Gasteiger partial charge in [-0.15, -0.1) is 0 Å². The zero-order valence-corrected chi connectivity index (χ0v) is 16.8. The van der Waals surface area contributed by atoms with Gasteiger partial charge in [-0.2, -0.15) is 0 Å². The van der Waals surface area contributed by atoms with Crippen LogP contribution in [0.25, 0.3) is 11.0 Å². The van der Waals surface area contributed by atoms with Crippen LogP contribution in [0.15, 0.2) is 6.20 Å². The first-order valence-corrected chi connectivity index (χ1v) is 10.6. The van der Waals surface area contributed by atoms with E-state index in [-0.39, 0.29) is 0 Å². The topological polar surface area (TPSA) is 80.1 Å². The summed E-state index contributed by atoms with van der Waals surface area (Å²) >= 11 is 0. The molecule has 0 amide bonds. The molecule has 6 nitrogen and oxygen atoms in total. The van der Waals surface area contributed by atoms with Crippen LogP contribution in [0.3, 0.4) is 0 Å². The van der Waals surface area contributed by atoms with Crippen LogP contribution in [0.5, 0.6) is 0 Å². The summed E-state index contributed by atoms with van der Waals surface area (Å²) in [6, 6.07) is 0. The Bertz CT molecular complexity index is 691. The van der Waals surface area contributed by atoms with Crippen LogP contribution in [-0.2, 0) is 17.6 Å². The average Bonchev–Trinajstić information content (AvgIpc) is 2.90. The Morgan fingerprint density at radius 3 is 2.59 bits per heavy atom. The predicted molar refractivity (Wildman–Crippen MR) is 111 cm³/mol. The summed E-state index contributed by atoms with van der Waals surface area (Å²) < 4.78 is 5.13. The average molecular weight is 374 g/mol. The largest absolute Gasteiger partial charge is 0.384 e. The van der Waals surface area contributed by atoms with E-state index in [2.05, 4.69) is 14.9 Å². The molecule has 0 unspecified atom stereocenters. The smallest absolute Gasteiger partial charge is 0.151 e. The first-order valence-electron chi connectivity index (χ1n) is 10.6. The summed E-state index contributed by atoms with van der Waals surface area (Å²) in [6.07, 6.45) is 14.5. The summed E-state index contributed by atoms with van der Waals surface area (Å²) in [5.74, 6) is 1.30. The molecule has 1 aliphatic heterocycles. The van der Waals surface area contributed by atoms with Gasteiger partial charge in [-0.1, -0.05) is 25.7 Å². The molecule has 6 heteroatoms. The fourth-order valence-electron chi connectivity index (χ4n) is 3.99. The van der Waals surface area contributed by atoms with Crippen LogP contribution in [0, 0.1) is 0 Å². The number of ether oxygens (including phenoxy) is 1. The van der Waals surface area contributed by atoms with Crippen LogP contribution in [0.4, 0.5) is 5.82 Å². The molecule has 1 fully saturated rings. The van der Waals surface area contributed by atoms with Crippen LogP contribution in [-0.4, -0.2) is 53.2 Å². The van der Waals surface area contributed by atoms with E-state index in [0.717, 1.165) is 23.3 Å². The number of likely N-dealkylation sites (tertiary alicyclic amines) is 1. The van der Waals surface area contributed by atoms with Crippen molar-refractivity contribution in [3.05, 3.63) is 17.6 Å². The van der Waals surface area contributed by atoms with Crippen molar-refractivity contribution >= 4 is 16.9 Å². The fourth-order valence-corrected chi connectivity index (χ4v) is 3.99. The number of hydrogen-bond acceptors (Lipinski definition) is 5. The Labute approximate surface area is 162 Å². The molecule has 0 spiro atoms. The second-order valence-corrected chi connectivity index (χ2v) is 7.73. The molecule has 2 aromatic rings. The lowest BCUT2D eigenvalue weighted by atomic mass is 10.1. The lowest BCUT2D eigenvalue weighted by Crippen LogP contribution is -2.25. The molecule has 0 aliphatic carbocycles. The lowest BCUT2D eigenvalue weighted by molar-refractivity contribution is 0.200. The summed E-state index contributed by atoms with van der Waals surface area (Å²) in [5.41, 5.74) is 9.20. The van der Waals surface area contributed by atoms with E-state index in [1.165, 1.54) is 76.6 Å².